The van der Waals surface area contributed by atoms with E-state index in [1.54, 1.807) is 23.1 Å². The van der Waals surface area contributed by atoms with Crippen LogP contribution in [0.15, 0.2) is 18.2 Å². The lowest BCUT2D eigenvalue weighted by Gasteiger charge is -2.32. The highest BCUT2D eigenvalue weighted by Crippen LogP contribution is 2.24. The quantitative estimate of drug-likeness (QED) is 0.909. The molecule has 0 aromatic heterocycles. The number of hydrogen-bond acceptors (Lipinski definition) is 2. The molecule has 18 heavy (non-hydrogen) atoms. The fourth-order valence-corrected chi connectivity index (χ4v) is 2.60. The molecule has 5 heteroatoms. The predicted octanol–water partition coefficient (Wildman–Crippen LogP) is 2.84. The molecule has 1 aromatic rings. The monoisotopic (exact) mass is 287 g/mol. The molecule has 1 aliphatic heterocycles. The summed E-state index contributed by atoms with van der Waals surface area (Å²) in [6.07, 6.45) is 1.87. The molecule has 3 nitrogen and oxygen atoms in total. The lowest BCUT2D eigenvalue weighted by Crippen LogP contribution is -2.41. The second-order valence-corrected chi connectivity index (χ2v) is 5.41. The van der Waals surface area contributed by atoms with Crippen LogP contribution in [0.3, 0.4) is 0 Å². The van der Waals surface area contributed by atoms with Crippen LogP contribution in [0.2, 0.25) is 10.0 Å². The highest BCUT2D eigenvalue weighted by Gasteiger charge is 2.25. The number of aliphatic hydroxyl groups excluding tert-OH is 1. The summed E-state index contributed by atoms with van der Waals surface area (Å²) < 4.78 is 0. The van der Waals surface area contributed by atoms with E-state index in [9.17, 15) is 9.90 Å². The Bertz CT molecular complexity index is 451. The van der Waals surface area contributed by atoms with Gasteiger partial charge in [-0.15, -0.1) is 0 Å². The number of benzene rings is 1. The van der Waals surface area contributed by atoms with Crippen molar-refractivity contribution < 1.29 is 9.90 Å². The summed E-state index contributed by atoms with van der Waals surface area (Å²) >= 11 is 11.9. The van der Waals surface area contributed by atoms with Crippen LogP contribution < -0.4 is 0 Å². The van der Waals surface area contributed by atoms with Crippen molar-refractivity contribution >= 4 is 29.1 Å². The molecule has 98 valence electrons. The van der Waals surface area contributed by atoms with Crippen molar-refractivity contribution in [1.29, 1.82) is 0 Å². The Morgan fingerprint density at radius 2 is 2.22 bits per heavy atom. The number of likely N-dealkylation sites (tertiary alicyclic amines) is 1. The lowest BCUT2D eigenvalue weighted by molar-refractivity contribution is 0.0621. The minimum absolute atomic E-state index is 0.111. The zero-order valence-corrected chi connectivity index (χ0v) is 11.4. The van der Waals surface area contributed by atoms with Gasteiger partial charge in [-0.3, -0.25) is 4.79 Å². The topological polar surface area (TPSA) is 40.5 Å². The standard InChI is InChI=1S/C13H15Cl2NO2/c14-10-3-4-12(15)11(6-10)13(18)16-5-1-2-9(7-16)8-17/h3-4,6,9,17H,1-2,5,7-8H2. The molecule has 1 fully saturated rings. The predicted molar refractivity (Wildman–Crippen MR) is 72.2 cm³/mol. The van der Waals surface area contributed by atoms with Crippen molar-refractivity contribution in [1.82, 2.24) is 4.90 Å². The van der Waals surface area contributed by atoms with Crippen molar-refractivity contribution in [2.24, 2.45) is 5.92 Å². The van der Waals surface area contributed by atoms with Crippen LogP contribution >= 0.6 is 23.2 Å². The molecule has 0 aliphatic carbocycles. The fourth-order valence-electron chi connectivity index (χ4n) is 2.23. The zero-order chi connectivity index (χ0) is 13.1. The van der Waals surface area contributed by atoms with E-state index >= 15 is 0 Å². The highest BCUT2D eigenvalue weighted by atomic mass is 35.5. The number of carbonyl (C=O) groups is 1. The zero-order valence-electron chi connectivity index (χ0n) is 9.90. The lowest BCUT2D eigenvalue weighted by atomic mass is 9.98. The molecular formula is C13H15Cl2NO2. The van der Waals surface area contributed by atoms with Crippen molar-refractivity contribution in [2.45, 2.75) is 12.8 Å². The van der Waals surface area contributed by atoms with E-state index in [0.717, 1.165) is 12.8 Å². The van der Waals surface area contributed by atoms with Gasteiger partial charge in [0.1, 0.15) is 0 Å². The van der Waals surface area contributed by atoms with Gasteiger partial charge in [-0.25, -0.2) is 0 Å². The molecule has 1 unspecified atom stereocenters. The van der Waals surface area contributed by atoms with E-state index in [0.29, 0.717) is 28.7 Å². The molecule has 1 heterocycles. The summed E-state index contributed by atoms with van der Waals surface area (Å²) in [5, 5.41) is 10.1. The van der Waals surface area contributed by atoms with E-state index in [-0.39, 0.29) is 18.4 Å². The third kappa shape index (κ3) is 2.97. The maximum Gasteiger partial charge on any atom is 0.255 e. The Labute approximate surface area is 116 Å². The van der Waals surface area contributed by atoms with Gasteiger partial charge < -0.3 is 10.0 Å². The SMILES string of the molecule is O=C(c1cc(Cl)ccc1Cl)N1CCCC(CO)C1. The first-order chi connectivity index (χ1) is 8.61. The number of hydrogen-bond donors (Lipinski definition) is 1. The molecule has 1 saturated heterocycles. The Morgan fingerprint density at radius 1 is 1.44 bits per heavy atom. The number of carbonyl (C=O) groups excluding carboxylic acids is 1. The van der Waals surface area contributed by atoms with Crippen LogP contribution in [-0.2, 0) is 0 Å². The number of amides is 1. The van der Waals surface area contributed by atoms with Gasteiger partial charge in [-0.2, -0.15) is 0 Å². The third-order valence-electron chi connectivity index (χ3n) is 3.22. The molecule has 2 rings (SSSR count). The van der Waals surface area contributed by atoms with Gasteiger partial charge in [0.15, 0.2) is 0 Å². The van der Waals surface area contributed by atoms with Gasteiger partial charge >= 0.3 is 0 Å². The molecule has 1 N–H and O–H groups in total. The van der Waals surface area contributed by atoms with E-state index in [1.165, 1.54) is 0 Å². The van der Waals surface area contributed by atoms with E-state index < -0.39 is 0 Å². The maximum atomic E-state index is 12.3. The summed E-state index contributed by atoms with van der Waals surface area (Å²) in [5.41, 5.74) is 0.433. The molecule has 1 atom stereocenters. The van der Waals surface area contributed by atoms with Gasteiger partial charge in [0.05, 0.1) is 10.6 Å². The second-order valence-electron chi connectivity index (χ2n) is 4.57. The first kappa shape index (κ1) is 13.7. The van der Waals surface area contributed by atoms with E-state index in [1.807, 2.05) is 0 Å². The van der Waals surface area contributed by atoms with Crippen LogP contribution in [0, 0.1) is 5.92 Å². The van der Waals surface area contributed by atoms with Crippen molar-refractivity contribution in [3.8, 4) is 0 Å². The van der Waals surface area contributed by atoms with E-state index in [2.05, 4.69) is 0 Å². The number of rotatable bonds is 2. The van der Waals surface area contributed by atoms with Crippen molar-refractivity contribution in [2.75, 3.05) is 19.7 Å². The first-order valence-electron chi connectivity index (χ1n) is 5.97. The molecule has 1 aromatic carbocycles. The van der Waals surface area contributed by atoms with Crippen LogP contribution in [0.5, 0.6) is 0 Å². The molecule has 0 saturated carbocycles. The van der Waals surface area contributed by atoms with Gasteiger partial charge in [-0.05, 0) is 37.0 Å². The second kappa shape index (κ2) is 5.91. The molecule has 1 amide bonds. The molecular weight excluding hydrogens is 273 g/mol. The van der Waals surface area contributed by atoms with Gasteiger partial charge in [0.2, 0.25) is 0 Å². The largest absolute Gasteiger partial charge is 0.396 e. The molecule has 0 spiro atoms. The normalized spacial score (nSPS) is 19.9. The smallest absolute Gasteiger partial charge is 0.255 e. The fraction of sp³-hybridized carbons (Fsp3) is 0.462. The minimum Gasteiger partial charge on any atom is -0.396 e. The first-order valence-corrected chi connectivity index (χ1v) is 6.72. The maximum absolute atomic E-state index is 12.3. The average Bonchev–Trinajstić information content (AvgIpc) is 2.41. The van der Waals surface area contributed by atoms with Gasteiger partial charge in [0, 0.05) is 24.7 Å². The number of nitrogens with zero attached hydrogens (tertiary/aromatic N) is 1. The summed E-state index contributed by atoms with van der Waals surface area (Å²) in [4.78, 5) is 14.1. The van der Waals surface area contributed by atoms with Crippen LogP contribution in [0.4, 0.5) is 0 Å². The van der Waals surface area contributed by atoms with Crippen molar-refractivity contribution in [3.63, 3.8) is 0 Å². The minimum atomic E-state index is -0.111. The Morgan fingerprint density at radius 3 is 2.94 bits per heavy atom. The number of aliphatic hydroxyl groups is 1. The molecule has 0 bridgehead atoms. The summed E-state index contributed by atoms with van der Waals surface area (Å²) in [7, 11) is 0. The Hall–Kier alpha value is -0.770. The summed E-state index contributed by atoms with van der Waals surface area (Å²) in [6, 6.07) is 4.88. The van der Waals surface area contributed by atoms with Gasteiger partial charge in [-0.1, -0.05) is 23.2 Å². The number of piperidine rings is 1. The highest BCUT2D eigenvalue weighted by molar-refractivity contribution is 6.35. The van der Waals surface area contributed by atoms with Gasteiger partial charge in [0.25, 0.3) is 5.91 Å². The number of halogens is 2. The summed E-state index contributed by atoms with van der Waals surface area (Å²) in [5.74, 6) is 0.0568. The third-order valence-corrected chi connectivity index (χ3v) is 3.79. The molecule has 1 aliphatic rings. The molecule has 0 radical (unpaired) electrons. The van der Waals surface area contributed by atoms with Crippen LogP contribution in [-0.4, -0.2) is 35.6 Å². The van der Waals surface area contributed by atoms with Crippen molar-refractivity contribution in [3.05, 3.63) is 33.8 Å². The summed E-state index contributed by atoms with van der Waals surface area (Å²) in [6.45, 7) is 1.41. The Balaban J connectivity index is 2.17. The van der Waals surface area contributed by atoms with Crippen LogP contribution in [0.1, 0.15) is 23.2 Å². The van der Waals surface area contributed by atoms with E-state index in [4.69, 9.17) is 23.2 Å². The van der Waals surface area contributed by atoms with Crippen LogP contribution in [0.25, 0.3) is 0 Å². The average molecular weight is 288 g/mol. The Kier molecular flexibility index (Phi) is 4.49.